The van der Waals surface area contributed by atoms with Crippen molar-refractivity contribution in [3.63, 3.8) is 0 Å². The predicted molar refractivity (Wildman–Crippen MR) is 84.7 cm³/mol. The van der Waals surface area contributed by atoms with Crippen LogP contribution in [0.15, 0.2) is 46.9 Å². The van der Waals surface area contributed by atoms with Gasteiger partial charge in [-0.2, -0.15) is 0 Å². The molecule has 0 spiro atoms. The van der Waals surface area contributed by atoms with Crippen LogP contribution >= 0.6 is 0 Å². The lowest BCUT2D eigenvalue weighted by Gasteiger charge is -2.01. The van der Waals surface area contributed by atoms with E-state index in [1.165, 1.54) is 0 Å². The summed E-state index contributed by atoms with van der Waals surface area (Å²) in [5, 5.41) is 8.18. The normalized spacial score (nSPS) is 10.6. The lowest BCUT2D eigenvalue weighted by Crippen LogP contribution is -1.89. The molecule has 1 aromatic heterocycles. The highest BCUT2D eigenvalue weighted by Crippen LogP contribution is 2.23. The molecule has 2 aromatic carbocycles. The smallest absolute Gasteiger partial charge is 0.247 e. The fourth-order valence-electron chi connectivity index (χ4n) is 2.13. The standard InChI is InChI=1S/C17H17N3O2/c1-11-3-6-13(10-15(11)18)17-20-19-16(22-17)9-12-4-7-14(21-2)8-5-12/h3-8,10H,9,18H2,1-2H3. The molecule has 0 aliphatic carbocycles. The van der Waals surface area contributed by atoms with Crippen molar-refractivity contribution in [1.82, 2.24) is 10.2 Å². The van der Waals surface area contributed by atoms with Gasteiger partial charge < -0.3 is 14.9 Å². The minimum absolute atomic E-state index is 0.482. The molecule has 0 radical (unpaired) electrons. The minimum atomic E-state index is 0.482. The Morgan fingerprint density at radius 2 is 1.86 bits per heavy atom. The Morgan fingerprint density at radius 1 is 1.09 bits per heavy atom. The van der Waals surface area contributed by atoms with Gasteiger partial charge in [-0.3, -0.25) is 0 Å². The van der Waals surface area contributed by atoms with Crippen LogP contribution in [-0.4, -0.2) is 17.3 Å². The summed E-state index contributed by atoms with van der Waals surface area (Å²) in [6, 6.07) is 13.5. The molecule has 5 nitrogen and oxygen atoms in total. The van der Waals surface area contributed by atoms with Crippen molar-refractivity contribution in [2.24, 2.45) is 0 Å². The Hall–Kier alpha value is -2.82. The van der Waals surface area contributed by atoms with E-state index in [0.29, 0.717) is 23.9 Å². The van der Waals surface area contributed by atoms with Gasteiger partial charge in [0.15, 0.2) is 0 Å². The summed E-state index contributed by atoms with van der Waals surface area (Å²) in [4.78, 5) is 0. The largest absolute Gasteiger partial charge is 0.497 e. The van der Waals surface area contributed by atoms with E-state index < -0.39 is 0 Å². The minimum Gasteiger partial charge on any atom is -0.497 e. The highest BCUT2D eigenvalue weighted by Gasteiger charge is 2.10. The molecule has 0 aliphatic heterocycles. The first-order chi connectivity index (χ1) is 10.7. The molecule has 2 N–H and O–H groups in total. The molecule has 0 bridgehead atoms. The zero-order valence-electron chi connectivity index (χ0n) is 12.5. The molecule has 0 amide bonds. The Kier molecular flexibility index (Phi) is 3.78. The van der Waals surface area contributed by atoms with Crippen molar-refractivity contribution in [2.75, 3.05) is 12.8 Å². The third kappa shape index (κ3) is 2.93. The molecule has 3 aromatic rings. The quantitative estimate of drug-likeness (QED) is 0.748. The van der Waals surface area contributed by atoms with Crippen molar-refractivity contribution in [2.45, 2.75) is 13.3 Å². The maximum absolute atomic E-state index is 5.91. The molecule has 0 saturated carbocycles. The monoisotopic (exact) mass is 295 g/mol. The molecule has 1 heterocycles. The highest BCUT2D eigenvalue weighted by molar-refractivity contribution is 5.62. The van der Waals surface area contributed by atoms with Gasteiger partial charge in [-0.15, -0.1) is 10.2 Å². The van der Waals surface area contributed by atoms with Gasteiger partial charge in [0.2, 0.25) is 11.8 Å². The highest BCUT2D eigenvalue weighted by atomic mass is 16.5. The molecule has 5 heteroatoms. The van der Waals surface area contributed by atoms with Crippen molar-refractivity contribution in [3.8, 4) is 17.2 Å². The van der Waals surface area contributed by atoms with Crippen LogP contribution in [0.1, 0.15) is 17.0 Å². The second-order valence-corrected chi connectivity index (χ2v) is 5.10. The van der Waals surface area contributed by atoms with Crippen LogP contribution in [-0.2, 0) is 6.42 Å². The molecule has 22 heavy (non-hydrogen) atoms. The van der Waals surface area contributed by atoms with Crippen LogP contribution in [0.5, 0.6) is 5.75 Å². The summed E-state index contributed by atoms with van der Waals surface area (Å²) in [6.45, 7) is 1.96. The fourth-order valence-corrected chi connectivity index (χ4v) is 2.13. The number of nitrogens with two attached hydrogens (primary N) is 1. The Balaban J connectivity index is 1.79. The average Bonchev–Trinajstić information content (AvgIpc) is 2.99. The van der Waals surface area contributed by atoms with Gasteiger partial charge in [-0.1, -0.05) is 18.2 Å². The van der Waals surface area contributed by atoms with Crippen LogP contribution in [0.4, 0.5) is 5.69 Å². The van der Waals surface area contributed by atoms with Crippen molar-refractivity contribution in [3.05, 3.63) is 59.5 Å². The van der Waals surface area contributed by atoms with Gasteiger partial charge in [-0.05, 0) is 42.3 Å². The fraction of sp³-hybridized carbons (Fsp3) is 0.176. The number of hydrogen-bond acceptors (Lipinski definition) is 5. The summed E-state index contributed by atoms with van der Waals surface area (Å²) in [6.07, 6.45) is 0.582. The Labute approximate surface area is 128 Å². The Morgan fingerprint density at radius 3 is 2.55 bits per heavy atom. The van der Waals surface area contributed by atoms with Crippen molar-refractivity contribution in [1.29, 1.82) is 0 Å². The number of rotatable bonds is 4. The van der Waals surface area contributed by atoms with E-state index in [0.717, 1.165) is 22.4 Å². The van der Waals surface area contributed by atoms with Gasteiger partial charge in [-0.25, -0.2) is 0 Å². The number of aryl methyl sites for hydroxylation is 1. The van der Waals surface area contributed by atoms with E-state index in [9.17, 15) is 0 Å². The van der Waals surface area contributed by atoms with Crippen LogP contribution in [0.3, 0.4) is 0 Å². The lowest BCUT2D eigenvalue weighted by molar-refractivity contribution is 0.414. The molecule has 0 aliphatic rings. The van der Waals surface area contributed by atoms with Crippen LogP contribution in [0, 0.1) is 6.92 Å². The molecule has 0 atom stereocenters. The number of hydrogen-bond donors (Lipinski definition) is 1. The number of anilines is 1. The van der Waals surface area contributed by atoms with Crippen molar-refractivity contribution < 1.29 is 9.15 Å². The second kappa shape index (κ2) is 5.89. The number of nitrogens with zero attached hydrogens (tertiary/aromatic N) is 2. The number of ether oxygens (including phenoxy) is 1. The Bertz CT molecular complexity index is 779. The van der Waals surface area contributed by atoms with Crippen molar-refractivity contribution >= 4 is 5.69 Å². The SMILES string of the molecule is COc1ccc(Cc2nnc(-c3ccc(C)c(N)c3)o2)cc1. The molecule has 0 unspecified atom stereocenters. The lowest BCUT2D eigenvalue weighted by atomic mass is 10.1. The van der Waals surface area contributed by atoms with E-state index in [4.69, 9.17) is 14.9 Å². The average molecular weight is 295 g/mol. The van der Waals surface area contributed by atoms with Crippen LogP contribution in [0.2, 0.25) is 0 Å². The van der Waals surface area contributed by atoms with Gasteiger partial charge in [0, 0.05) is 11.3 Å². The molecule has 3 rings (SSSR count). The molecular weight excluding hydrogens is 278 g/mol. The molecule has 112 valence electrons. The predicted octanol–water partition coefficient (Wildman–Crippen LogP) is 3.23. The maximum Gasteiger partial charge on any atom is 0.247 e. The number of methoxy groups -OCH3 is 1. The third-order valence-corrected chi connectivity index (χ3v) is 3.51. The first kappa shape index (κ1) is 14.1. The second-order valence-electron chi connectivity index (χ2n) is 5.10. The number of nitrogen functional groups attached to an aromatic ring is 1. The van der Waals surface area contributed by atoms with E-state index in [1.807, 2.05) is 49.4 Å². The molecular formula is C17H17N3O2. The molecule has 0 saturated heterocycles. The summed E-state index contributed by atoms with van der Waals surface area (Å²) in [5.41, 5.74) is 9.57. The van der Waals surface area contributed by atoms with Crippen LogP contribution in [0.25, 0.3) is 11.5 Å². The zero-order chi connectivity index (χ0) is 15.5. The van der Waals surface area contributed by atoms with E-state index in [2.05, 4.69) is 10.2 Å². The third-order valence-electron chi connectivity index (χ3n) is 3.51. The molecule has 0 fully saturated rings. The number of benzene rings is 2. The first-order valence-electron chi connectivity index (χ1n) is 6.97. The van der Waals surface area contributed by atoms with Gasteiger partial charge in [0.1, 0.15) is 5.75 Å². The zero-order valence-corrected chi connectivity index (χ0v) is 12.5. The van der Waals surface area contributed by atoms with Gasteiger partial charge in [0.05, 0.1) is 13.5 Å². The summed E-state index contributed by atoms with van der Waals surface area (Å²) < 4.78 is 10.9. The first-order valence-corrected chi connectivity index (χ1v) is 6.97. The number of aromatic nitrogens is 2. The maximum atomic E-state index is 5.91. The van der Waals surface area contributed by atoms with Gasteiger partial charge in [0.25, 0.3) is 0 Å². The summed E-state index contributed by atoms with van der Waals surface area (Å²) in [5.74, 6) is 1.87. The van der Waals surface area contributed by atoms with Crippen LogP contribution < -0.4 is 10.5 Å². The topological polar surface area (TPSA) is 74.2 Å². The van der Waals surface area contributed by atoms with E-state index >= 15 is 0 Å². The summed E-state index contributed by atoms with van der Waals surface area (Å²) >= 11 is 0. The summed E-state index contributed by atoms with van der Waals surface area (Å²) in [7, 11) is 1.65. The van der Waals surface area contributed by atoms with E-state index in [1.54, 1.807) is 7.11 Å². The van der Waals surface area contributed by atoms with E-state index in [-0.39, 0.29) is 0 Å². The van der Waals surface area contributed by atoms with Gasteiger partial charge >= 0.3 is 0 Å².